The molecule has 2 N–H and O–H groups in total. The summed E-state index contributed by atoms with van der Waals surface area (Å²) in [6, 6.07) is 9.68. The van der Waals surface area contributed by atoms with Gasteiger partial charge in [-0.2, -0.15) is 0 Å². The van der Waals surface area contributed by atoms with Gasteiger partial charge >= 0.3 is 6.36 Å². The molecule has 0 aromatic heterocycles. The Bertz CT molecular complexity index is 747. The van der Waals surface area contributed by atoms with Crippen molar-refractivity contribution in [3.8, 4) is 23.0 Å². The van der Waals surface area contributed by atoms with E-state index in [0.717, 1.165) is 6.07 Å². The molecule has 0 saturated carbocycles. The van der Waals surface area contributed by atoms with Crippen molar-refractivity contribution in [3.05, 3.63) is 48.0 Å². The van der Waals surface area contributed by atoms with Crippen LogP contribution < -0.4 is 19.9 Å². The molecule has 0 bridgehead atoms. The summed E-state index contributed by atoms with van der Waals surface area (Å²) in [7, 11) is 0. The summed E-state index contributed by atoms with van der Waals surface area (Å²) >= 11 is 0. The van der Waals surface area contributed by atoms with Crippen LogP contribution in [0.5, 0.6) is 23.0 Å². The molecule has 2 rings (SSSR count). The van der Waals surface area contributed by atoms with E-state index in [2.05, 4.69) is 4.74 Å². The summed E-state index contributed by atoms with van der Waals surface area (Å²) in [5.41, 5.74) is 5.38. The molecule has 0 aliphatic carbocycles. The Balaban J connectivity index is 2.40. The third-order valence-corrected chi connectivity index (χ3v) is 2.99. The van der Waals surface area contributed by atoms with E-state index in [9.17, 15) is 18.0 Å². The molecule has 5 nitrogen and oxygen atoms in total. The first-order chi connectivity index (χ1) is 11.8. The Kier molecular flexibility index (Phi) is 5.74. The summed E-state index contributed by atoms with van der Waals surface area (Å²) < 4.78 is 52.5. The lowest BCUT2D eigenvalue weighted by atomic mass is 10.1. The van der Waals surface area contributed by atoms with Crippen LogP contribution in [0.3, 0.4) is 0 Å². The number of halogens is 3. The van der Waals surface area contributed by atoms with E-state index in [-0.39, 0.29) is 29.4 Å². The maximum atomic E-state index is 12.5. The number of alkyl halides is 3. The maximum absolute atomic E-state index is 12.5. The van der Waals surface area contributed by atoms with E-state index in [1.807, 2.05) is 6.92 Å². The molecule has 2 aromatic rings. The molecule has 0 spiro atoms. The second kappa shape index (κ2) is 7.78. The predicted octanol–water partition coefficient (Wildman–Crippen LogP) is 4.27. The molecule has 0 atom stereocenters. The van der Waals surface area contributed by atoms with E-state index in [4.69, 9.17) is 15.2 Å². The minimum absolute atomic E-state index is 0.0583. The molecule has 0 unspecified atom stereocenters. The zero-order valence-electron chi connectivity index (χ0n) is 13.3. The number of para-hydroxylation sites is 3. The number of carbonyl (C=O) groups is 1. The minimum Gasteiger partial charge on any atom is -0.489 e. The number of hydrogen-bond acceptors (Lipinski definition) is 4. The van der Waals surface area contributed by atoms with Gasteiger partial charge in [0, 0.05) is 0 Å². The predicted molar refractivity (Wildman–Crippen MR) is 83.9 cm³/mol. The van der Waals surface area contributed by atoms with Crippen molar-refractivity contribution in [1.82, 2.24) is 0 Å². The lowest BCUT2D eigenvalue weighted by Crippen LogP contribution is -2.17. The second-order valence-electron chi connectivity index (χ2n) is 4.94. The topological polar surface area (TPSA) is 70.8 Å². The molecular formula is C17H16F3NO4. The number of ether oxygens (including phenoxy) is 3. The number of rotatable bonds is 7. The van der Waals surface area contributed by atoms with Crippen molar-refractivity contribution >= 4 is 5.91 Å². The molecule has 0 fully saturated rings. The average molecular weight is 355 g/mol. The van der Waals surface area contributed by atoms with Gasteiger partial charge in [0.1, 0.15) is 0 Å². The van der Waals surface area contributed by atoms with Crippen LogP contribution in [0, 0.1) is 0 Å². The summed E-state index contributed by atoms with van der Waals surface area (Å²) in [6.07, 6.45) is -4.21. The van der Waals surface area contributed by atoms with Crippen molar-refractivity contribution in [2.24, 2.45) is 5.73 Å². The number of nitrogens with two attached hydrogens (primary N) is 1. The van der Waals surface area contributed by atoms with Crippen molar-refractivity contribution in [1.29, 1.82) is 0 Å². The van der Waals surface area contributed by atoms with E-state index in [0.29, 0.717) is 6.42 Å². The Morgan fingerprint density at radius 2 is 1.68 bits per heavy atom. The first kappa shape index (κ1) is 18.4. The molecule has 1 amide bonds. The van der Waals surface area contributed by atoms with Gasteiger partial charge in [-0.05, 0) is 30.7 Å². The molecule has 0 aliphatic heterocycles. The van der Waals surface area contributed by atoms with Gasteiger partial charge in [-0.1, -0.05) is 25.1 Å². The SMILES string of the molecule is CCCOc1c(Oc2ccccc2OC(F)(F)F)cccc1C(N)=O. The number of hydrogen-bond donors (Lipinski definition) is 1. The van der Waals surface area contributed by atoms with Gasteiger partial charge in [0.05, 0.1) is 12.2 Å². The zero-order valence-corrected chi connectivity index (χ0v) is 13.3. The molecular weight excluding hydrogens is 339 g/mol. The molecule has 2 aromatic carbocycles. The Labute approximate surface area is 142 Å². The fourth-order valence-electron chi connectivity index (χ4n) is 2.01. The van der Waals surface area contributed by atoms with Crippen LogP contribution in [0.2, 0.25) is 0 Å². The monoisotopic (exact) mass is 355 g/mol. The van der Waals surface area contributed by atoms with Gasteiger partial charge < -0.3 is 19.9 Å². The van der Waals surface area contributed by atoms with Gasteiger partial charge in [-0.25, -0.2) is 0 Å². The highest BCUT2D eigenvalue weighted by Crippen LogP contribution is 2.39. The highest BCUT2D eigenvalue weighted by Gasteiger charge is 2.32. The third-order valence-electron chi connectivity index (χ3n) is 2.99. The largest absolute Gasteiger partial charge is 0.573 e. The lowest BCUT2D eigenvalue weighted by molar-refractivity contribution is -0.275. The number of amides is 1. The summed E-state index contributed by atoms with van der Waals surface area (Å²) in [5, 5.41) is 0. The Morgan fingerprint density at radius 1 is 1.04 bits per heavy atom. The van der Waals surface area contributed by atoms with Gasteiger partial charge in [0.15, 0.2) is 23.0 Å². The fourth-order valence-corrected chi connectivity index (χ4v) is 2.01. The molecule has 8 heteroatoms. The van der Waals surface area contributed by atoms with Crippen LogP contribution in [0.4, 0.5) is 13.2 Å². The van der Waals surface area contributed by atoms with Crippen LogP contribution >= 0.6 is 0 Å². The van der Waals surface area contributed by atoms with Crippen LogP contribution in [0.25, 0.3) is 0 Å². The Hall–Kier alpha value is -2.90. The maximum Gasteiger partial charge on any atom is 0.573 e. The third kappa shape index (κ3) is 5.03. The Morgan fingerprint density at radius 3 is 2.28 bits per heavy atom. The van der Waals surface area contributed by atoms with Crippen molar-refractivity contribution in [2.45, 2.75) is 19.7 Å². The quantitative estimate of drug-likeness (QED) is 0.805. The molecule has 134 valence electrons. The van der Waals surface area contributed by atoms with Crippen LogP contribution in [-0.2, 0) is 0 Å². The van der Waals surface area contributed by atoms with E-state index in [1.54, 1.807) is 0 Å². The zero-order chi connectivity index (χ0) is 18.4. The summed E-state index contributed by atoms with van der Waals surface area (Å²) in [4.78, 5) is 11.6. The van der Waals surface area contributed by atoms with E-state index < -0.39 is 18.0 Å². The normalized spacial score (nSPS) is 11.0. The fraction of sp³-hybridized carbons (Fsp3) is 0.235. The molecule has 0 radical (unpaired) electrons. The molecule has 25 heavy (non-hydrogen) atoms. The van der Waals surface area contributed by atoms with Gasteiger partial charge in [0.25, 0.3) is 5.91 Å². The van der Waals surface area contributed by atoms with Gasteiger partial charge in [0.2, 0.25) is 0 Å². The summed E-state index contributed by atoms with van der Waals surface area (Å²) in [5.74, 6) is -1.30. The van der Waals surface area contributed by atoms with Crippen molar-refractivity contribution < 1.29 is 32.2 Å². The first-order valence-electron chi connectivity index (χ1n) is 7.40. The van der Waals surface area contributed by atoms with Gasteiger partial charge in [-0.15, -0.1) is 13.2 Å². The average Bonchev–Trinajstić information content (AvgIpc) is 2.53. The number of carbonyl (C=O) groups excluding carboxylic acids is 1. The van der Waals surface area contributed by atoms with E-state index in [1.165, 1.54) is 36.4 Å². The standard InChI is InChI=1S/C17H16F3NO4/c1-2-10-23-15-11(16(21)22)6-5-9-14(15)24-12-7-3-4-8-13(12)25-17(18,19)20/h3-9H,2,10H2,1H3,(H2,21,22). The van der Waals surface area contributed by atoms with Crippen LogP contribution in [0.15, 0.2) is 42.5 Å². The van der Waals surface area contributed by atoms with Crippen LogP contribution in [0.1, 0.15) is 23.7 Å². The van der Waals surface area contributed by atoms with Crippen LogP contribution in [-0.4, -0.2) is 18.9 Å². The lowest BCUT2D eigenvalue weighted by Gasteiger charge is -2.17. The molecule has 0 heterocycles. The van der Waals surface area contributed by atoms with E-state index >= 15 is 0 Å². The number of benzene rings is 2. The summed E-state index contributed by atoms with van der Waals surface area (Å²) in [6.45, 7) is 2.14. The molecule has 0 saturated heterocycles. The highest BCUT2D eigenvalue weighted by molar-refractivity contribution is 5.96. The molecule has 0 aliphatic rings. The first-order valence-corrected chi connectivity index (χ1v) is 7.40. The van der Waals surface area contributed by atoms with Crippen molar-refractivity contribution in [2.75, 3.05) is 6.61 Å². The highest BCUT2D eigenvalue weighted by atomic mass is 19.4. The van der Waals surface area contributed by atoms with Crippen molar-refractivity contribution in [3.63, 3.8) is 0 Å². The van der Waals surface area contributed by atoms with Gasteiger partial charge in [-0.3, -0.25) is 4.79 Å². The second-order valence-corrected chi connectivity index (χ2v) is 4.94. The smallest absolute Gasteiger partial charge is 0.489 e. The minimum atomic E-state index is -4.87. The number of primary amides is 1.